The highest BCUT2D eigenvalue weighted by molar-refractivity contribution is 7.80. The number of carbonyl (C=O) groups excluding carboxylic acids is 1. The third-order valence-electron chi connectivity index (χ3n) is 3.39. The Morgan fingerprint density at radius 1 is 1.20 bits per heavy atom. The molecule has 2 rings (SSSR count). The Morgan fingerprint density at radius 2 is 1.85 bits per heavy atom. The fraction of sp³-hybridized carbons (Fsp3) is 0.429. The lowest BCUT2D eigenvalue weighted by molar-refractivity contribution is -0.125. The molecule has 1 aliphatic carbocycles. The maximum Gasteiger partial charge on any atom is 0.241 e. The van der Waals surface area contributed by atoms with Crippen LogP contribution in [0.15, 0.2) is 24.3 Å². The highest BCUT2D eigenvalue weighted by atomic mass is 32.1. The summed E-state index contributed by atoms with van der Waals surface area (Å²) >= 11 is 5.06. The molecule has 6 heteroatoms. The van der Waals surface area contributed by atoms with E-state index < -0.39 is 0 Å². The molecule has 0 atom stereocenters. The summed E-state index contributed by atoms with van der Waals surface area (Å²) in [5.74, 6) is -0.172. The van der Waals surface area contributed by atoms with Crippen molar-refractivity contribution >= 4 is 23.2 Å². The third kappa shape index (κ3) is 4.45. The Kier molecular flexibility index (Phi) is 5.29. The third-order valence-corrected chi connectivity index (χ3v) is 3.64. The molecular weight excluding hydrogens is 277 g/mol. The van der Waals surface area contributed by atoms with Crippen LogP contribution >= 0.6 is 12.2 Å². The van der Waals surface area contributed by atoms with Gasteiger partial charge in [-0.1, -0.05) is 25.0 Å². The molecule has 1 fully saturated rings. The second kappa shape index (κ2) is 7.19. The number of nitrogens with one attached hydrogen (secondary N) is 3. The van der Waals surface area contributed by atoms with Crippen molar-refractivity contribution in [2.24, 2.45) is 5.92 Å². The first-order valence-corrected chi connectivity index (χ1v) is 7.14. The van der Waals surface area contributed by atoms with E-state index in [-0.39, 0.29) is 17.6 Å². The minimum absolute atomic E-state index is 0.00608. The molecule has 20 heavy (non-hydrogen) atoms. The first kappa shape index (κ1) is 14.7. The molecule has 4 nitrogen and oxygen atoms in total. The molecule has 0 unspecified atom stereocenters. The van der Waals surface area contributed by atoms with Gasteiger partial charge >= 0.3 is 0 Å². The van der Waals surface area contributed by atoms with Crippen molar-refractivity contribution in [3.8, 4) is 0 Å². The van der Waals surface area contributed by atoms with E-state index in [1.54, 1.807) is 12.1 Å². The predicted molar refractivity (Wildman–Crippen MR) is 79.1 cm³/mol. The van der Waals surface area contributed by atoms with E-state index in [2.05, 4.69) is 16.2 Å². The average molecular weight is 295 g/mol. The minimum atomic E-state index is -0.265. The summed E-state index contributed by atoms with van der Waals surface area (Å²) < 4.78 is 12.7. The van der Waals surface area contributed by atoms with Gasteiger partial charge in [0.15, 0.2) is 5.11 Å². The van der Waals surface area contributed by atoms with E-state index in [0.29, 0.717) is 11.7 Å². The van der Waals surface area contributed by atoms with Gasteiger partial charge in [0, 0.05) is 12.5 Å². The van der Waals surface area contributed by atoms with Crippen molar-refractivity contribution in [2.45, 2.75) is 32.2 Å². The first-order chi connectivity index (χ1) is 9.65. The molecule has 0 heterocycles. The summed E-state index contributed by atoms with van der Waals surface area (Å²) in [5.41, 5.74) is 6.22. The Morgan fingerprint density at radius 3 is 2.50 bits per heavy atom. The Balaban J connectivity index is 1.67. The first-order valence-electron chi connectivity index (χ1n) is 6.73. The van der Waals surface area contributed by atoms with E-state index in [0.717, 1.165) is 31.2 Å². The van der Waals surface area contributed by atoms with Gasteiger partial charge < -0.3 is 5.32 Å². The van der Waals surface area contributed by atoms with Crippen LogP contribution in [0.25, 0.3) is 0 Å². The number of rotatable bonds is 3. The van der Waals surface area contributed by atoms with Crippen LogP contribution in [0.2, 0.25) is 0 Å². The van der Waals surface area contributed by atoms with Crippen LogP contribution in [0.4, 0.5) is 4.39 Å². The van der Waals surface area contributed by atoms with Gasteiger partial charge in [-0.05, 0) is 42.8 Å². The van der Waals surface area contributed by atoms with Crippen molar-refractivity contribution < 1.29 is 9.18 Å². The van der Waals surface area contributed by atoms with Gasteiger partial charge in [-0.15, -0.1) is 0 Å². The number of halogens is 1. The number of hydrogen-bond acceptors (Lipinski definition) is 2. The zero-order chi connectivity index (χ0) is 14.4. The Bertz CT molecular complexity index is 472. The summed E-state index contributed by atoms with van der Waals surface area (Å²) in [7, 11) is 0. The molecule has 0 aromatic heterocycles. The van der Waals surface area contributed by atoms with E-state index in [9.17, 15) is 9.18 Å². The quantitative estimate of drug-likeness (QED) is 0.590. The molecule has 0 spiro atoms. The molecule has 1 saturated carbocycles. The number of carbonyl (C=O) groups is 1. The summed E-state index contributed by atoms with van der Waals surface area (Å²) in [4.78, 5) is 11.8. The summed E-state index contributed by atoms with van der Waals surface area (Å²) in [5, 5.41) is 3.30. The fourth-order valence-corrected chi connectivity index (χ4v) is 2.36. The van der Waals surface area contributed by atoms with Crippen LogP contribution in [0.1, 0.15) is 31.2 Å². The van der Waals surface area contributed by atoms with Crippen LogP contribution in [0, 0.1) is 11.7 Å². The zero-order valence-electron chi connectivity index (χ0n) is 11.1. The van der Waals surface area contributed by atoms with Gasteiger partial charge in [-0.25, -0.2) is 4.39 Å². The fourth-order valence-electron chi connectivity index (χ4n) is 2.24. The molecule has 1 aromatic rings. The summed E-state index contributed by atoms with van der Waals surface area (Å²) in [6.45, 7) is 0.478. The van der Waals surface area contributed by atoms with Gasteiger partial charge in [-0.2, -0.15) is 0 Å². The lowest BCUT2D eigenvalue weighted by Gasteiger charge is -2.14. The molecule has 1 aromatic carbocycles. The van der Waals surface area contributed by atoms with Crippen molar-refractivity contribution in [1.82, 2.24) is 16.2 Å². The van der Waals surface area contributed by atoms with Crippen LogP contribution < -0.4 is 16.2 Å². The lowest BCUT2D eigenvalue weighted by atomic mass is 10.1. The van der Waals surface area contributed by atoms with Crippen molar-refractivity contribution in [1.29, 1.82) is 0 Å². The zero-order valence-corrected chi connectivity index (χ0v) is 11.9. The van der Waals surface area contributed by atoms with E-state index >= 15 is 0 Å². The normalized spacial score (nSPS) is 14.8. The van der Waals surface area contributed by atoms with Gasteiger partial charge in [0.05, 0.1) is 0 Å². The topological polar surface area (TPSA) is 53.2 Å². The van der Waals surface area contributed by atoms with Crippen molar-refractivity contribution in [2.75, 3.05) is 0 Å². The molecular formula is C14H18FN3OS. The van der Waals surface area contributed by atoms with Crippen LogP contribution in [-0.2, 0) is 11.3 Å². The molecule has 0 aliphatic heterocycles. The Labute approximate surface area is 123 Å². The van der Waals surface area contributed by atoms with E-state index in [1.807, 2.05) is 0 Å². The van der Waals surface area contributed by atoms with Gasteiger partial charge in [0.1, 0.15) is 5.82 Å². The maximum absolute atomic E-state index is 12.7. The number of benzene rings is 1. The standard InChI is InChI=1S/C14H18FN3OS/c15-12-7-5-10(6-8-12)9-16-14(20)18-17-13(19)11-3-1-2-4-11/h5-8,11H,1-4,9H2,(H,17,19)(H2,16,18,20). The smallest absolute Gasteiger partial charge is 0.241 e. The Hall–Kier alpha value is -1.69. The molecule has 0 bridgehead atoms. The highest BCUT2D eigenvalue weighted by Crippen LogP contribution is 2.24. The molecule has 0 saturated heterocycles. The highest BCUT2D eigenvalue weighted by Gasteiger charge is 2.22. The largest absolute Gasteiger partial charge is 0.357 e. The number of hydrazine groups is 1. The number of amides is 1. The van der Waals surface area contributed by atoms with Gasteiger partial charge in [0.2, 0.25) is 5.91 Å². The molecule has 0 radical (unpaired) electrons. The SMILES string of the molecule is O=C(NNC(=S)NCc1ccc(F)cc1)C1CCCC1. The average Bonchev–Trinajstić information content (AvgIpc) is 2.98. The maximum atomic E-state index is 12.7. The van der Waals surface area contributed by atoms with Crippen molar-refractivity contribution in [3.05, 3.63) is 35.6 Å². The molecule has 1 amide bonds. The summed E-state index contributed by atoms with van der Waals surface area (Å²) in [6, 6.07) is 6.16. The van der Waals surface area contributed by atoms with E-state index in [4.69, 9.17) is 12.2 Å². The predicted octanol–water partition coefficient (Wildman–Crippen LogP) is 2.01. The summed E-state index contributed by atoms with van der Waals surface area (Å²) in [6.07, 6.45) is 4.13. The lowest BCUT2D eigenvalue weighted by Crippen LogP contribution is -2.48. The van der Waals surface area contributed by atoms with Crippen LogP contribution in [0.3, 0.4) is 0 Å². The van der Waals surface area contributed by atoms with Crippen LogP contribution in [-0.4, -0.2) is 11.0 Å². The van der Waals surface area contributed by atoms with E-state index in [1.165, 1.54) is 12.1 Å². The minimum Gasteiger partial charge on any atom is -0.357 e. The van der Waals surface area contributed by atoms with Gasteiger partial charge in [0.25, 0.3) is 0 Å². The molecule has 108 valence electrons. The monoisotopic (exact) mass is 295 g/mol. The number of thiocarbonyl (C=S) groups is 1. The second-order valence-corrected chi connectivity index (χ2v) is 5.31. The van der Waals surface area contributed by atoms with Crippen molar-refractivity contribution in [3.63, 3.8) is 0 Å². The van der Waals surface area contributed by atoms with Gasteiger partial charge in [-0.3, -0.25) is 15.6 Å². The molecule has 3 N–H and O–H groups in total. The second-order valence-electron chi connectivity index (χ2n) is 4.90. The number of hydrogen-bond donors (Lipinski definition) is 3. The van der Waals surface area contributed by atoms with Crippen LogP contribution in [0.5, 0.6) is 0 Å². The molecule has 1 aliphatic rings.